The van der Waals surface area contributed by atoms with E-state index in [2.05, 4.69) is 25.4 Å². The number of amides is 1. The van der Waals surface area contributed by atoms with E-state index in [1.807, 2.05) is 0 Å². The molecule has 0 atom stereocenters. The van der Waals surface area contributed by atoms with Gasteiger partial charge < -0.3 is 20.3 Å². The lowest BCUT2D eigenvalue weighted by molar-refractivity contribution is -0.122. The van der Waals surface area contributed by atoms with Crippen LogP contribution in [0.15, 0.2) is 4.99 Å². The first-order valence-corrected chi connectivity index (χ1v) is 10.9. The van der Waals surface area contributed by atoms with E-state index in [0.717, 1.165) is 26.2 Å². The lowest BCUT2D eigenvalue weighted by Crippen LogP contribution is -2.54. The van der Waals surface area contributed by atoms with Gasteiger partial charge in [0, 0.05) is 53.4 Å². The van der Waals surface area contributed by atoms with E-state index in [-0.39, 0.29) is 11.7 Å². The Morgan fingerprint density at radius 1 is 1.11 bits per heavy atom. The van der Waals surface area contributed by atoms with Crippen LogP contribution in [-0.2, 0) is 19.4 Å². The molecule has 1 aliphatic heterocycles. The quantitative estimate of drug-likeness (QED) is 0.308. The van der Waals surface area contributed by atoms with Gasteiger partial charge in [-0.05, 0) is 20.8 Å². The van der Waals surface area contributed by atoms with E-state index in [1.54, 1.807) is 34.9 Å². The van der Waals surface area contributed by atoms with Crippen LogP contribution in [-0.4, -0.2) is 107 Å². The van der Waals surface area contributed by atoms with Crippen molar-refractivity contribution in [1.82, 2.24) is 20.4 Å². The Hall–Kier alpha value is -1.39. The standard InChI is InChI=1S/C17H35N5O4S/c1-17(2,3)27(24,25)13-7-20-16(18-4)22-10-8-21(9-11-22)14-15(23)19-6-12-26-5/h6-14H2,1-5H3,(H,18,20)(H,19,23). The fourth-order valence-corrected chi connectivity index (χ4v) is 3.59. The first kappa shape index (κ1) is 23.6. The maximum Gasteiger partial charge on any atom is 0.234 e. The zero-order valence-electron chi connectivity index (χ0n) is 17.2. The number of hydrogen-bond donors (Lipinski definition) is 2. The van der Waals surface area contributed by atoms with Crippen molar-refractivity contribution in [3.05, 3.63) is 0 Å². The minimum Gasteiger partial charge on any atom is -0.383 e. The molecule has 0 bridgehead atoms. The van der Waals surface area contributed by atoms with Gasteiger partial charge in [-0.2, -0.15) is 0 Å². The Balaban J connectivity index is 2.38. The summed E-state index contributed by atoms with van der Waals surface area (Å²) in [6.07, 6.45) is 0. The minimum absolute atomic E-state index is 0.00426. The highest BCUT2D eigenvalue weighted by Gasteiger charge is 2.28. The van der Waals surface area contributed by atoms with Gasteiger partial charge in [0.2, 0.25) is 5.91 Å². The van der Waals surface area contributed by atoms with Crippen molar-refractivity contribution < 1.29 is 17.9 Å². The highest BCUT2D eigenvalue weighted by atomic mass is 32.2. The topological polar surface area (TPSA) is 103 Å². The summed E-state index contributed by atoms with van der Waals surface area (Å²) < 4.78 is 28.5. The molecule has 1 amide bonds. The molecule has 1 rings (SSSR count). The van der Waals surface area contributed by atoms with Crippen molar-refractivity contribution >= 4 is 21.7 Å². The zero-order valence-corrected chi connectivity index (χ0v) is 18.1. The van der Waals surface area contributed by atoms with E-state index in [9.17, 15) is 13.2 Å². The summed E-state index contributed by atoms with van der Waals surface area (Å²) in [7, 11) is 0.131. The maximum atomic E-state index is 12.2. The number of guanidine groups is 1. The maximum absolute atomic E-state index is 12.2. The van der Waals surface area contributed by atoms with E-state index < -0.39 is 14.6 Å². The molecule has 0 spiro atoms. The molecule has 1 fully saturated rings. The van der Waals surface area contributed by atoms with Crippen LogP contribution >= 0.6 is 0 Å². The minimum atomic E-state index is -3.16. The predicted molar refractivity (Wildman–Crippen MR) is 108 cm³/mol. The summed E-state index contributed by atoms with van der Waals surface area (Å²) in [5, 5.41) is 5.96. The number of hydrogen-bond acceptors (Lipinski definition) is 6. The van der Waals surface area contributed by atoms with Gasteiger partial charge in [0.15, 0.2) is 15.8 Å². The van der Waals surface area contributed by atoms with Crippen LogP contribution in [0, 0.1) is 0 Å². The average molecular weight is 406 g/mol. The Morgan fingerprint density at radius 2 is 1.74 bits per heavy atom. The fourth-order valence-electron chi connectivity index (χ4n) is 2.60. The monoisotopic (exact) mass is 405 g/mol. The predicted octanol–water partition coefficient (Wildman–Crippen LogP) is -0.845. The van der Waals surface area contributed by atoms with Crippen LogP contribution in [0.1, 0.15) is 20.8 Å². The average Bonchev–Trinajstić information content (AvgIpc) is 2.59. The van der Waals surface area contributed by atoms with Gasteiger partial charge in [-0.1, -0.05) is 0 Å². The van der Waals surface area contributed by atoms with E-state index in [1.165, 1.54) is 0 Å². The summed E-state index contributed by atoms with van der Waals surface area (Å²) in [5.74, 6) is 0.760. The number of piperazine rings is 1. The number of nitrogens with zero attached hydrogens (tertiary/aromatic N) is 3. The summed E-state index contributed by atoms with van der Waals surface area (Å²) >= 11 is 0. The van der Waals surface area contributed by atoms with Gasteiger partial charge in [-0.3, -0.25) is 14.7 Å². The number of rotatable bonds is 8. The largest absolute Gasteiger partial charge is 0.383 e. The van der Waals surface area contributed by atoms with E-state index in [4.69, 9.17) is 4.74 Å². The highest BCUT2D eigenvalue weighted by Crippen LogP contribution is 2.15. The second-order valence-corrected chi connectivity index (χ2v) is 10.4. The van der Waals surface area contributed by atoms with Gasteiger partial charge in [-0.15, -0.1) is 0 Å². The Morgan fingerprint density at radius 3 is 2.26 bits per heavy atom. The van der Waals surface area contributed by atoms with Gasteiger partial charge in [0.25, 0.3) is 0 Å². The molecule has 0 aromatic heterocycles. The number of carbonyl (C=O) groups excluding carboxylic acids is 1. The number of ether oxygens (including phenoxy) is 1. The molecule has 1 aliphatic rings. The molecule has 0 aromatic rings. The lowest BCUT2D eigenvalue weighted by Gasteiger charge is -2.36. The zero-order chi connectivity index (χ0) is 20.5. The molecule has 0 aliphatic carbocycles. The number of methoxy groups -OCH3 is 1. The SMILES string of the molecule is CN=C(NCCS(=O)(=O)C(C)(C)C)N1CCN(CC(=O)NCCOC)CC1. The van der Waals surface area contributed by atoms with E-state index >= 15 is 0 Å². The third-order valence-electron chi connectivity index (χ3n) is 4.47. The molecule has 0 saturated carbocycles. The van der Waals surface area contributed by atoms with Crippen molar-refractivity contribution in [3.63, 3.8) is 0 Å². The summed E-state index contributed by atoms with van der Waals surface area (Å²) in [5.41, 5.74) is 0. The molecule has 2 N–H and O–H groups in total. The number of nitrogens with one attached hydrogen (secondary N) is 2. The van der Waals surface area contributed by atoms with Crippen LogP contribution in [0.5, 0.6) is 0 Å². The van der Waals surface area contributed by atoms with Crippen LogP contribution in [0.25, 0.3) is 0 Å². The third kappa shape index (κ3) is 8.02. The van der Waals surface area contributed by atoms with Crippen LogP contribution in [0.4, 0.5) is 0 Å². The smallest absolute Gasteiger partial charge is 0.234 e. The Labute approximate surface area is 163 Å². The normalized spacial score (nSPS) is 17.1. The molecule has 158 valence electrons. The first-order chi connectivity index (χ1) is 12.6. The first-order valence-electron chi connectivity index (χ1n) is 9.26. The summed E-state index contributed by atoms with van der Waals surface area (Å²) in [4.78, 5) is 20.3. The van der Waals surface area contributed by atoms with Crippen molar-refractivity contribution in [1.29, 1.82) is 0 Å². The molecular weight excluding hydrogens is 370 g/mol. The second-order valence-electron chi connectivity index (χ2n) is 7.51. The van der Waals surface area contributed by atoms with Gasteiger partial charge >= 0.3 is 0 Å². The van der Waals surface area contributed by atoms with Gasteiger partial charge in [0.05, 0.1) is 23.7 Å². The Bertz CT molecular complexity index is 593. The lowest BCUT2D eigenvalue weighted by atomic mass is 10.3. The number of sulfone groups is 1. The second kappa shape index (κ2) is 10.8. The van der Waals surface area contributed by atoms with Crippen molar-refractivity contribution in [3.8, 4) is 0 Å². The Kier molecular flexibility index (Phi) is 9.48. The molecule has 9 nitrogen and oxygen atoms in total. The third-order valence-corrected chi connectivity index (χ3v) is 7.07. The van der Waals surface area contributed by atoms with Crippen LogP contribution in [0.3, 0.4) is 0 Å². The van der Waals surface area contributed by atoms with Gasteiger partial charge in [-0.25, -0.2) is 8.42 Å². The molecule has 0 aromatic carbocycles. The van der Waals surface area contributed by atoms with Crippen molar-refractivity contribution in [2.75, 3.05) is 72.3 Å². The molecule has 27 heavy (non-hydrogen) atoms. The molecule has 1 heterocycles. The summed E-state index contributed by atoms with van der Waals surface area (Å²) in [6.45, 7) is 9.81. The summed E-state index contributed by atoms with van der Waals surface area (Å²) in [6, 6.07) is 0. The molecule has 0 unspecified atom stereocenters. The van der Waals surface area contributed by atoms with Crippen LogP contribution < -0.4 is 10.6 Å². The number of aliphatic imine (C=N–C) groups is 1. The number of carbonyl (C=O) groups is 1. The fraction of sp³-hybridized carbons (Fsp3) is 0.882. The molecular formula is C17H35N5O4S. The van der Waals surface area contributed by atoms with Crippen molar-refractivity contribution in [2.45, 2.75) is 25.5 Å². The molecule has 10 heteroatoms. The van der Waals surface area contributed by atoms with Crippen LogP contribution in [0.2, 0.25) is 0 Å². The van der Waals surface area contributed by atoms with Crippen molar-refractivity contribution in [2.24, 2.45) is 4.99 Å². The highest BCUT2D eigenvalue weighted by molar-refractivity contribution is 7.92. The molecule has 1 saturated heterocycles. The van der Waals surface area contributed by atoms with E-state index in [0.29, 0.717) is 32.2 Å². The van der Waals surface area contributed by atoms with Gasteiger partial charge in [0.1, 0.15) is 0 Å². The molecule has 0 radical (unpaired) electrons.